The predicted octanol–water partition coefficient (Wildman–Crippen LogP) is 2.41. The first-order valence-electron chi connectivity index (χ1n) is 10.0. The van der Waals surface area contributed by atoms with E-state index in [1.807, 2.05) is 0 Å². The molecule has 8 nitrogen and oxygen atoms in total. The SMILES string of the molecule is C=P(C)(C)CC[C@H]1O[C@@H](n2c(SCCCCC)nc3c(N)ncnc32)[C@H](O)[C@@H]1O. The summed E-state index contributed by atoms with van der Waals surface area (Å²) in [5.41, 5.74) is 7.01. The highest BCUT2D eigenvalue weighted by Crippen LogP contribution is 2.41. The highest BCUT2D eigenvalue weighted by Gasteiger charge is 2.45. The van der Waals surface area contributed by atoms with E-state index in [2.05, 4.69) is 41.5 Å². The molecular formula is C19H32N5O3PS. The van der Waals surface area contributed by atoms with Gasteiger partial charge >= 0.3 is 0 Å². The first-order valence-corrected chi connectivity index (χ1v) is 14.1. The summed E-state index contributed by atoms with van der Waals surface area (Å²) in [6, 6.07) is 0. The van der Waals surface area contributed by atoms with Crippen molar-refractivity contribution in [2.75, 3.05) is 31.0 Å². The van der Waals surface area contributed by atoms with Gasteiger partial charge in [0.2, 0.25) is 0 Å². The molecule has 4 N–H and O–H groups in total. The summed E-state index contributed by atoms with van der Waals surface area (Å²) in [6.45, 7) is 5.21. The molecule has 0 spiro atoms. The van der Waals surface area contributed by atoms with E-state index in [1.54, 1.807) is 16.3 Å². The fourth-order valence-electron chi connectivity index (χ4n) is 3.41. The molecule has 0 amide bonds. The second-order valence-corrected chi connectivity index (χ2v) is 13.6. The normalized spacial score (nSPS) is 25.1. The number of aromatic nitrogens is 4. The van der Waals surface area contributed by atoms with Crippen molar-refractivity contribution in [1.29, 1.82) is 0 Å². The molecule has 0 aromatic carbocycles. The molecule has 2 aromatic rings. The number of anilines is 1. The zero-order chi connectivity index (χ0) is 21.2. The largest absolute Gasteiger partial charge is 0.388 e. The Kier molecular flexibility index (Phi) is 7.27. The molecule has 10 heteroatoms. The first kappa shape index (κ1) is 22.6. The van der Waals surface area contributed by atoms with Crippen molar-refractivity contribution in [2.24, 2.45) is 0 Å². The van der Waals surface area contributed by atoms with Gasteiger partial charge in [-0.05, 0) is 32.3 Å². The van der Waals surface area contributed by atoms with Crippen molar-refractivity contribution >= 4 is 41.9 Å². The summed E-state index contributed by atoms with van der Waals surface area (Å²) in [5, 5.41) is 22.1. The molecule has 3 rings (SSSR count). The molecule has 1 saturated heterocycles. The number of unbranched alkanes of at least 4 members (excludes halogenated alkanes) is 2. The van der Waals surface area contributed by atoms with Crippen LogP contribution in [0.2, 0.25) is 0 Å². The fourth-order valence-corrected chi connectivity index (χ4v) is 5.38. The number of nitrogens with zero attached hydrogens (tertiary/aromatic N) is 4. The predicted molar refractivity (Wildman–Crippen MR) is 121 cm³/mol. The highest BCUT2D eigenvalue weighted by atomic mass is 32.2. The third kappa shape index (κ3) is 5.14. The van der Waals surface area contributed by atoms with Crippen LogP contribution >= 0.6 is 18.6 Å². The van der Waals surface area contributed by atoms with Gasteiger partial charge in [-0.25, -0.2) is 15.0 Å². The monoisotopic (exact) mass is 441 g/mol. The zero-order valence-electron chi connectivity index (χ0n) is 17.4. The van der Waals surface area contributed by atoms with Crippen molar-refractivity contribution in [3.63, 3.8) is 0 Å². The van der Waals surface area contributed by atoms with Gasteiger partial charge < -0.3 is 20.7 Å². The minimum absolute atomic E-state index is 0.289. The molecule has 4 atom stereocenters. The number of hydrogen-bond acceptors (Lipinski definition) is 8. The third-order valence-electron chi connectivity index (χ3n) is 5.06. The van der Waals surface area contributed by atoms with E-state index in [-0.39, 0.29) is 5.82 Å². The average Bonchev–Trinajstić information content (AvgIpc) is 3.16. The molecule has 1 fully saturated rings. The molecule has 1 aliphatic rings. The average molecular weight is 442 g/mol. The van der Waals surface area contributed by atoms with Crippen LogP contribution in [0.25, 0.3) is 11.2 Å². The van der Waals surface area contributed by atoms with Gasteiger partial charge in [0.05, 0.1) is 6.10 Å². The molecule has 2 aromatic heterocycles. The van der Waals surface area contributed by atoms with Crippen LogP contribution in [0.1, 0.15) is 38.8 Å². The van der Waals surface area contributed by atoms with Gasteiger partial charge in [-0.15, -0.1) is 13.2 Å². The summed E-state index contributed by atoms with van der Waals surface area (Å²) in [7, 11) is 0. The third-order valence-corrected chi connectivity index (χ3v) is 7.57. The van der Waals surface area contributed by atoms with Gasteiger partial charge in [-0.2, -0.15) is 0 Å². The van der Waals surface area contributed by atoms with Crippen molar-refractivity contribution in [3.05, 3.63) is 6.33 Å². The lowest BCUT2D eigenvalue weighted by Gasteiger charge is -2.19. The Morgan fingerprint density at radius 1 is 1.28 bits per heavy atom. The Hall–Kier alpha value is -1.12. The summed E-state index contributed by atoms with van der Waals surface area (Å²) in [6.07, 6.45) is 7.21. The second-order valence-electron chi connectivity index (χ2n) is 8.25. The van der Waals surface area contributed by atoms with E-state index in [0.29, 0.717) is 22.7 Å². The highest BCUT2D eigenvalue weighted by molar-refractivity contribution is 7.99. The van der Waals surface area contributed by atoms with Gasteiger partial charge in [0.15, 0.2) is 28.4 Å². The maximum absolute atomic E-state index is 10.8. The molecule has 0 unspecified atom stereocenters. The number of aliphatic hydroxyl groups excluding tert-OH is 2. The summed E-state index contributed by atoms with van der Waals surface area (Å²) in [4.78, 5) is 13.0. The second kappa shape index (κ2) is 9.35. The van der Waals surface area contributed by atoms with Crippen molar-refractivity contribution in [3.8, 4) is 0 Å². The summed E-state index contributed by atoms with van der Waals surface area (Å²) >= 11 is 1.58. The molecule has 0 aliphatic carbocycles. The minimum Gasteiger partial charge on any atom is -0.388 e. The van der Waals surface area contributed by atoms with E-state index in [0.717, 1.165) is 31.2 Å². The molecular weight excluding hydrogens is 409 g/mol. The van der Waals surface area contributed by atoms with Crippen LogP contribution in [0.3, 0.4) is 0 Å². The number of hydrogen-bond donors (Lipinski definition) is 3. The van der Waals surface area contributed by atoms with E-state index >= 15 is 0 Å². The maximum atomic E-state index is 10.8. The molecule has 162 valence electrons. The van der Waals surface area contributed by atoms with Gasteiger partial charge in [0.25, 0.3) is 0 Å². The van der Waals surface area contributed by atoms with E-state index < -0.39 is 31.4 Å². The Bertz CT molecular complexity index is 886. The standard InChI is InChI=1S/C19H32N5O3PS/c1-5-6-7-10-29-19-23-13-16(20)21-11-22-17(13)24(19)18-15(26)14(25)12(27-18)8-9-28(2,3)4/h11-12,14-15,18,25-26H,2,5-10H2,1,3-4H3,(H2,20,21,22)/t12-,14-,15-,18-/m1/s1. The number of aliphatic hydroxyl groups is 2. The molecule has 0 saturated carbocycles. The lowest BCUT2D eigenvalue weighted by atomic mass is 10.1. The van der Waals surface area contributed by atoms with Crippen LogP contribution in [0, 0.1) is 0 Å². The smallest absolute Gasteiger partial charge is 0.172 e. The lowest BCUT2D eigenvalue weighted by Crippen LogP contribution is -2.32. The Morgan fingerprint density at radius 2 is 2.03 bits per heavy atom. The van der Waals surface area contributed by atoms with E-state index in [4.69, 9.17) is 10.5 Å². The van der Waals surface area contributed by atoms with Crippen LogP contribution < -0.4 is 5.73 Å². The molecule has 3 heterocycles. The van der Waals surface area contributed by atoms with Crippen LogP contribution in [-0.2, 0) is 4.74 Å². The number of thioether (sulfide) groups is 1. The molecule has 1 aliphatic heterocycles. The first-order chi connectivity index (χ1) is 13.7. The van der Waals surface area contributed by atoms with Gasteiger partial charge in [-0.1, -0.05) is 31.5 Å². The van der Waals surface area contributed by atoms with Crippen LogP contribution in [-0.4, -0.2) is 79.6 Å². The molecule has 0 radical (unpaired) electrons. The topological polar surface area (TPSA) is 119 Å². The number of fused-ring (bicyclic) bond motifs is 1. The molecule has 0 bridgehead atoms. The maximum Gasteiger partial charge on any atom is 0.172 e. The number of nitrogen functional groups attached to an aromatic ring is 1. The number of rotatable bonds is 9. The number of ether oxygens (including phenoxy) is 1. The van der Waals surface area contributed by atoms with Gasteiger partial charge in [0.1, 0.15) is 18.5 Å². The van der Waals surface area contributed by atoms with Crippen LogP contribution in [0.15, 0.2) is 11.5 Å². The number of imidazole rings is 1. The Labute approximate surface area is 176 Å². The number of nitrogens with two attached hydrogens (primary N) is 1. The minimum atomic E-state index is -1.25. The zero-order valence-corrected chi connectivity index (χ0v) is 19.1. The van der Waals surface area contributed by atoms with Gasteiger partial charge in [-0.3, -0.25) is 4.57 Å². The Morgan fingerprint density at radius 3 is 2.72 bits per heavy atom. The van der Waals surface area contributed by atoms with E-state index in [1.165, 1.54) is 6.33 Å². The Balaban J connectivity index is 1.90. The summed E-state index contributed by atoms with van der Waals surface area (Å²) in [5.74, 6) is 1.18. The quantitative estimate of drug-likeness (QED) is 0.308. The van der Waals surface area contributed by atoms with E-state index in [9.17, 15) is 10.2 Å². The van der Waals surface area contributed by atoms with Crippen molar-refractivity contribution in [2.45, 2.75) is 62.3 Å². The lowest BCUT2D eigenvalue weighted by molar-refractivity contribution is -0.0400. The van der Waals surface area contributed by atoms with Crippen LogP contribution in [0.5, 0.6) is 0 Å². The van der Waals surface area contributed by atoms with Gasteiger partial charge in [0, 0.05) is 5.75 Å². The summed E-state index contributed by atoms with van der Waals surface area (Å²) < 4.78 is 7.91. The van der Waals surface area contributed by atoms with Crippen molar-refractivity contribution < 1.29 is 14.9 Å². The van der Waals surface area contributed by atoms with Crippen molar-refractivity contribution in [1.82, 2.24) is 19.5 Å². The fraction of sp³-hybridized carbons (Fsp3) is 0.684. The van der Waals surface area contributed by atoms with Crippen LogP contribution in [0.4, 0.5) is 5.82 Å². The molecule has 29 heavy (non-hydrogen) atoms.